The molecular formula is C16H21N3O. The molecule has 0 spiro atoms. The first kappa shape index (κ1) is 14.3. The number of carbonyl (C=O) groups excluding carboxylic acids is 1. The molecule has 4 heteroatoms. The van der Waals surface area contributed by atoms with Gasteiger partial charge in [-0.15, -0.1) is 0 Å². The zero-order chi connectivity index (χ0) is 14.5. The fourth-order valence-corrected chi connectivity index (χ4v) is 2.11. The van der Waals surface area contributed by atoms with Gasteiger partial charge in [0.05, 0.1) is 12.6 Å². The third-order valence-corrected chi connectivity index (χ3v) is 3.56. The molecule has 1 unspecified atom stereocenters. The van der Waals surface area contributed by atoms with Crippen molar-refractivity contribution in [2.75, 3.05) is 0 Å². The zero-order valence-corrected chi connectivity index (χ0v) is 12.0. The zero-order valence-electron chi connectivity index (χ0n) is 12.0. The maximum absolute atomic E-state index is 12.0. The summed E-state index contributed by atoms with van der Waals surface area (Å²) in [7, 11) is 1.99. The average Bonchev–Trinajstić information content (AvgIpc) is 2.77. The van der Waals surface area contributed by atoms with Gasteiger partial charge in [0.2, 0.25) is 5.91 Å². The Hall–Kier alpha value is -2.07. The summed E-state index contributed by atoms with van der Waals surface area (Å²) in [5, 5.41) is 2.89. The fraction of sp³-hybridized carbons (Fsp3) is 0.312. The molecule has 1 aromatic carbocycles. The van der Waals surface area contributed by atoms with Crippen LogP contribution in [0.25, 0.3) is 0 Å². The predicted molar refractivity (Wildman–Crippen MR) is 80.1 cm³/mol. The molecule has 2 aromatic rings. The Bertz CT molecular complexity index is 575. The highest BCUT2D eigenvalue weighted by atomic mass is 16.2. The van der Waals surface area contributed by atoms with Crippen LogP contribution in [0.3, 0.4) is 0 Å². The van der Waals surface area contributed by atoms with E-state index in [0.29, 0.717) is 13.0 Å². The monoisotopic (exact) mass is 271 g/mol. The molecule has 4 nitrogen and oxygen atoms in total. The van der Waals surface area contributed by atoms with E-state index in [0.717, 1.165) is 11.3 Å². The number of aryl methyl sites for hydroxylation is 1. The number of benzene rings is 1. The van der Waals surface area contributed by atoms with Crippen molar-refractivity contribution in [3.63, 3.8) is 0 Å². The minimum atomic E-state index is -0.515. The topological polar surface area (TPSA) is 60.1 Å². The van der Waals surface area contributed by atoms with Crippen molar-refractivity contribution in [3.05, 3.63) is 59.4 Å². The summed E-state index contributed by atoms with van der Waals surface area (Å²) >= 11 is 0. The van der Waals surface area contributed by atoms with Crippen molar-refractivity contribution >= 4 is 5.91 Å². The molecule has 1 aromatic heterocycles. The van der Waals surface area contributed by atoms with Crippen LogP contribution in [0.4, 0.5) is 0 Å². The maximum Gasteiger partial charge on any atom is 0.237 e. The smallest absolute Gasteiger partial charge is 0.237 e. The van der Waals surface area contributed by atoms with Crippen LogP contribution in [0.2, 0.25) is 0 Å². The van der Waals surface area contributed by atoms with E-state index in [9.17, 15) is 4.79 Å². The molecule has 106 valence electrons. The second-order valence-electron chi connectivity index (χ2n) is 5.04. The molecule has 0 aliphatic heterocycles. The molecule has 0 aliphatic carbocycles. The minimum absolute atomic E-state index is 0.118. The molecule has 0 aliphatic rings. The molecule has 0 bridgehead atoms. The van der Waals surface area contributed by atoms with Gasteiger partial charge in [-0.2, -0.15) is 0 Å². The van der Waals surface area contributed by atoms with Gasteiger partial charge < -0.3 is 15.6 Å². The Kier molecular flexibility index (Phi) is 4.58. The maximum atomic E-state index is 12.0. The van der Waals surface area contributed by atoms with E-state index >= 15 is 0 Å². The van der Waals surface area contributed by atoms with Crippen LogP contribution in [0.15, 0.2) is 42.5 Å². The fourth-order valence-electron chi connectivity index (χ4n) is 2.11. The van der Waals surface area contributed by atoms with Crippen molar-refractivity contribution in [1.82, 2.24) is 9.88 Å². The van der Waals surface area contributed by atoms with Gasteiger partial charge in [0.1, 0.15) is 0 Å². The average molecular weight is 271 g/mol. The third-order valence-electron chi connectivity index (χ3n) is 3.56. The van der Waals surface area contributed by atoms with Crippen LogP contribution in [0.1, 0.15) is 17.0 Å². The number of hydrogen-bond donors (Lipinski definition) is 2. The van der Waals surface area contributed by atoms with E-state index in [1.165, 1.54) is 5.69 Å². The van der Waals surface area contributed by atoms with Gasteiger partial charge in [0, 0.05) is 18.4 Å². The summed E-state index contributed by atoms with van der Waals surface area (Å²) in [6.45, 7) is 2.54. The molecule has 1 heterocycles. The summed E-state index contributed by atoms with van der Waals surface area (Å²) in [6.07, 6.45) is 0.554. The highest BCUT2D eigenvalue weighted by molar-refractivity contribution is 5.81. The number of aromatic nitrogens is 1. The van der Waals surface area contributed by atoms with Crippen molar-refractivity contribution < 1.29 is 4.79 Å². The highest BCUT2D eigenvalue weighted by Gasteiger charge is 2.14. The standard InChI is InChI=1S/C16H21N3O/c1-12-8-9-14(19(12)2)11-18-16(20)15(17)10-13-6-4-3-5-7-13/h3-9,15H,10-11,17H2,1-2H3,(H,18,20). The van der Waals surface area contributed by atoms with Crippen LogP contribution >= 0.6 is 0 Å². The van der Waals surface area contributed by atoms with Crippen LogP contribution < -0.4 is 11.1 Å². The van der Waals surface area contributed by atoms with E-state index in [4.69, 9.17) is 5.73 Å². The van der Waals surface area contributed by atoms with Crippen molar-refractivity contribution in [2.24, 2.45) is 12.8 Å². The Morgan fingerprint density at radius 1 is 1.25 bits per heavy atom. The van der Waals surface area contributed by atoms with Crippen molar-refractivity contribution in [3.8, 4) is 0 Å². The Labute approximate surface area is 119 Å². The molecule has 3 N–H and O–H groups in total. The lowest BCUT2D eigenvalue weighted by atomic mass is 10.1. The molecule has 0 saturated carbocycles. The van der Waals surface area contributed by atoms with Gasteiger partial charge in [0.25, 0.3) is 0 Å². The van der Waals surface area contributed by atoms with Crippen LogP contribution in [-0.4, -0.2) is 16.5 Å². The van der Waals surface area contributed by atoms with Gasteiger partial charge in [-0.25, -0.2) is 0 Å². The molecular weight excluding hydrogens is 250 g/mol. The molecule has 0 saturated heterocycles. The Morgan fingerprint density at radius 3 is 2.55 bits per heavy atom. The minimum Gasteiger partial charge on any atom is -0.350 e. The lowest BCUT2D eigenvalue weighted by Crippen LogP contribution is -2.41. The number of rotatable bonds is 5. The first-order chi connectivity index (χ1) is 9.58. The van der Waals surface area contributed by atoms with E-state index in [1.54, 1.807) is 0 Å². The second-order valence-corrected chi connectivity index (χ2v) is 5.04. The predicted octanol–water partition coefficient (Wildman–Crippen LogP) is 1.52. The molecule has 1 amide bonds. The van der Waals surface area contributed by atoms with Gasteiger partial charge in [-0.1, -0.05) is 30.3 Å². The third kappa shape index (κ3) is 3.48. The SMILES string of the molecule is Cc1ccc(CNC(=O)C(N)Cc2ccccc2)n1C. The highest BCUT2D eigenvalue weighted by Crippen LogP contribution is 2.06. The van der Waals surface area contributed by atoms with Crippen LogP contribution in [0.5, 0.6) is 0 Å². The van der Waals surface area contributed by atoms with E-state index in [1.807, 2.05) is 56.4 Å². The molecule has 0 radical (unpaired) electrons. The summed E-state index contributed by atoms with van der Waals surface area (Å²) < 4.78 is 2.06. The van der Waals surface area contributed by atoms with E-state index in [-0.39, 0.29) is 5.91 Å². The van der Waals surface area contributed by atoms with Crippen LogP contribution in [0, 0.1) is 6.92 Å². The summed E-state index contributed by atoms with van der Waals surface area (Å²) in [5.74, 6) is -0.118. The van der Waals surface area contributed by atoms with Crippen molar-refractivity contribution in [1.29, 1.82) is 0 Å². The summed E-state index contributed by atoms with van der Waals surface area (Å²) in [4.78, 5) is 12.0. The Morgan fingerprint density at radius 2 is 1.95 bits per heavy atom. The van der Waals surface area contributed by atoms with Gasteiger partial charge >= 0.3 is 0 Å². The largest absolute Gasteiger partial charge is 0.350 e. The molecule has 1 atom stereocenters. The molecule has 2 rings (SSSR count). The van der Waals surface area contributed by atoms with E-state index < -0.39 is 6.04 Å². The Balaban J connectivity index is 1.87. The second kappa shape index (κ2) is 6.39. The first-order valence-corrected chi connectivity index (χ1v) is 6.76. The lowest BCUT2D eigenvalue weighted by molar-refractivity contribution is -0.122. The molecule has 20 heavy (non-hydrogen) atoms. The van der Waals surface area contributed by atoms with Crippen LogP contribution in [-0.2, 0) is 24.8 Å². The molecule has 0 fully saturated rings. The van der Waals surface area contributed by atoms with Gasteiger partial charge in [0.15, 0.2) is 0 Å². The van der Waals surface area contributed by atoms with Gasteiger partial charge in [-0.05, 0) is 31.0 Å². The first-order valence-electron chi connectivity index (χ1n) is 6.76. The number of nitrogens with two attached hydrogens (primary N) is 1. The van der Waals surface area contributed by atoms with Gasteiger partial charge in [-0.3, -0.25) is 4.79 Å². The number of nitrogens with one attached hydrogen (secondary N) is 1. The van der Waals surface area contributed by atoms with E-state index in [2.05, 4.69) is 9.88 Å². The van der Waals surface area contributed by atoms with Crippen molar-refractivity contribution in [2.45, 2.75) is 25.9 Å². The number of nitrogens with zero attached hydrogens (tertiary/aromatic N) is 1. The normalized spacial score (nSPS) is 12.2. The quantitative estimate of drug-likeness (QED) is 0.866. The summed E-state index contributed by atoms with van der Waals surface area (Å²) in [6, 6.07) is 13.3. The number of carbonyl (C=O) groups is 1. The lowest BCUT2D eigenvalue weighted by Gasteiger charge is -2.13. The number of amides is 1. The number of hydrogen-bond acceptors (Lipinski definition) is 2. The summed E-state index contributed by atoms with van der Waals surface area (Å²) in [5.41, 5.74) is 9.25.